The standard InChI is InChI=1S/C12H15ClN2/c1-3-4-8-11(15-14)10-7-5-6-9(2)12(10)13/h5-7,11,15H,8,14H2,1-2H3. The molecule has 0 fully saturated rings. The number of rotatable bonds is 3. The first kappa shape index (κ1) is 12.1. The van der Waals surface area contributed by atoms with Crippen LogP contribution >= 0.6 is 11.6 Å². The van der Waals surface area contributed by atoms with E-state index in [1.165, 1.54) is 0 Å². The van der Waals surface area contributed by atoms with E-state index < -0.39 is 0 Å². The molecule has 1 rings (SSSR count). The largest absolute Gasteiger partial charge is 0.271 e. The third-order valence-corrected chi connectivity index (χ3v) is 2.80. The summed E-state index contributed by atoms with van der Waals surface area (Å²) in [5.74, 6) is 11.3. The Morgan fingerprint density at radius 3 is 2.87 bits per heavy atom. The summed E-state index contributed by atoms with van der Waals surface area (Å²) in [6.07, 6.45) is 0.663. The molecule has 0 saturated heterocycles. The highest BCUT2D eigenvalue weighted by atomic mass is 35.5. The van der Waals surface area contributed by atoms with E-state index in [1.807, 2.05) is 32.0 Å². The fourth-order valence-electron chi connectivity index (χ4n) is 1.40. The highest BCUT2D eigenvalue weighted by Crippen LogP contribution is 2.27. The van der Waals surface area contributed by atoms with Crippen LogP contribution in [0.1, 0.15) is 30.5 Å². The lowest BCUT2D eigenvalue weighted by Gasteiger charge is -2.16. The minimum atomic E-state index is -0.00940. The molecule has 1 unspecified atom stereocenters. The highest BCUT2D eigenvalue weighted by Gasteiger charge is 2.12. The van der Waals surface area contributed by atoms with Crippen molar-refractivity contribution in [3.8, 4) is 11.8 Å². The van der Waals surface area contributed by atoms with Gasteiger partial charge in [-0.05, 0) is 25.0 Å². The normalized spacial score (nSPS) is 11.7. The molecular formula is C12H15ClN2. The molecule has 0 aromatic heterocycles. The second-order valence-corrected chi connectivity index (χ2v) is 3.71. The van der Waals surface area contributed by atoms with Gasteiger partial charge in [-0.1, -0.05) is 29.8 Å². The third kappa shape index (κ3) is 2.97. The summed E-state index contributed by atoms with van der Waals surface area (Å²) in [6, 6.07) is 5.91. The highest BCUT2D eigenvalue weighted by molar-refractivity contribution is 6.32. The van der Waals surface area contributed by atoms with E-state index in [0.29, 0.717) is 6.42 Å². The van der Waals surface area contributed by atoms with E-state index in [1.54, 1.807) is 0 Å². The molecule has 1 atom stereocenters. The van der Waals surface area contributed by atoms with E-state index >= 15 is 0 Å². The maximum atomic E-state index is 6.20. The molecule has 0 bridgehead atoms. The van der Waals surface area contributed by atoms with Crippen LogP contribution in [0.2, 0.25) is 5.02 Å². The molecule has 3 heteroatoms. The van der Waals surface area contributed by atoms with Crippen molar-refractivity contribution in [3.63, 3.8) is 0 Å². The smallest absolute Gasteiger partial charge is 0.0583 e. The molecule has 0 aliphatic heterocycles. The number of nitrogens with two attached hydrogens (primary N) is 1. The molecule has 0 spiro atoms. The summed E-state index contributed by atoms with van der Waals surface area (Å²) in [5, 5.41) is 0.762. The Kier molecular flexibility index (Phi) is 4.64. The average Bonchev–Trinajstić information content (AvgIpc) is 2.25. The van der Waals surface area contributed by atoms with Crippen molar-refractivity contribution in [3.05, 3.63) is 34.3 Å². The SMILES string of the molecule is CC#CCC(NN)c1cccc(C)c1Cl. The van der Waals surface area contributed by atoms with Gasteiger partial charge in [0.2, 0.25) is 0 Å². The molecule has 0 heterocycles. The van der Waals surface area contributed by atoms with Crippen molar-refractivity contribution in [1.82, 2.24) is 5.43 Å². The zero-order valence-corrected chi connectivity index (χ0v) is 9.73. The Bertz CT molecular complexity index is 390. The number of hydrazine groups is 1. The van der Waals surface area contributed by atoms with Gasteiger partial charge < -0.3 is 0 Å². The zero-order valence-electron chi connectivity index (χ0n) is 8.97. The Balaban J connectivity index is 2.99. The van der Waals surface area contributed by atoms with Gasteiger partial charge in [0.1, 0.15) is 0 Å². The van der Waals surface area contributed by atoms with Crippen LogP contribution in [0, 0.1) is 18.8 Å². The number of hydrogen-bond donors (Lipinski definition) is 2. The van der Waals surface area contributed by atoms with Gasteiger partial charge in [0.15, 0.2) is 0 Å². The van der Waals surface area contributed by atoms with Crippen molar-refractivity contribution in [1.29, 1.82) is 0 Å². The number of nitrogens with one attached hydrogen (secondary N) is 1. The minimum absolute atomic E-state index is 0.00940. The van der Waals surface area contributed by atoms with Gasteiger partial charge >= 0.3 is 0 Å². The number of hydrogen-bond acceptors (Lipinski definition) is 2. The van der Waals surface area contributed by atoms with E-state index in [2.05, 4.69) is 17.3 Å². The van der Waals surface area contributed by atoms with E-state index in [0.717, 1.165) is 16.1 Å². The van der Waals surface area contributed by atoms with Crippen molar-refractivity contribution in [2.75, 3.05) is 0 Å². The van der Waals surface area contributed by atoms with Crippen molar-refractivity contribution >= 4 is 11.6 Å². The maximum Gasteiger partial charge on any atom is 0.0583 e. The van der Waals surface area contributed by atoms with Gasteiger partial charge in [-0.2, -0.15) is 0 Å². The first-order valence-electron chi connectivity index (χ1n) is 4.81. The lowest BCUT2D eigenvalue weighted by atomic mass is 10.0. The van der Waals surface area contributed by atoms with Gasteiger partial charge in [0.05, 0.1) is 6.04 Å². The Hall–Kier alpha value is -1.01. The summed E-state index contributed by atoms with van der Waals surface area (Å²) in [4.78, 5) is 0. The molecule has 3 N–H and O–H groups in total. The van der Waals surface area contributed by atoms with Gasteiger partial charge in [-0.15, -0.1) is 11.8 Å². The van der Waals surface area contributed by atoms with E-state index in [-0.39, 0.29) is 6.04 Å². The lowest BCUT2D eigenvalue weighted by Crippen LogP contribution is -2.28. The molecule has 1 aromatic carbocycles. The summed E-state index contributed by atoms with van der Waals surface area (Å²) >= 11 is 6.20. The topological polar surface area (TPSA) is 38.0 Å². The minimum Gasteiger partial charge on any atom is -0.271 e. The summed E-state index contributed by atoms with van der Waals surface area (Å²) in [6.45, 7) is 3.79. The van der Waals surface area contributed by atoms with Crippen LogP contribution in [0.5, 0.6) is 0 Å². The molecule has 0 aliphatic rings. The lowest BCUT2D eigenvalue weighted by molar-refractivity contribution is 0.568. The van der Waals surface area contributed by atoms with Crippen LogP contribution in [0.4, 0.5) is 0 Å². The molecular weight excluding hydrogens is 208 g/mol. The molecule has 80 valence electrons. The second kappa shape index (κ2) is 5.77. The molecule has 0 amide bonds. The molecule has 15 heavy (non-hydrogen) atoms. The van der Waals surface area contributed by atoms with Crippen LogP contribution in [-0.4, -0.2) is 0 Å². The summed E-state index contributed by atoms with van der Waals surface area (Å²) in [7, 11) is 0. The number of halogens is 1. The van der Waals surface area contributed by atoms with Crippen LogP contribution < -0.4 is 11.3 Å². The van der Waals surface area contributed by atoms with Crippen LogP contribution in [0.25, 0.3) is 0 Å². The molecule has 0 radical (unpaired) electrons. The monoisotopic (exact) mass is 222 g/mol. The molecule has 2 nitrogen and oxygen atoms in total. The zero-order chi connectivity index (χ0) is 11.3. The van der Waals surface area contributed by atoms with Crippen molar-refractivity contribution in [2.24, 2.45) is 5.84 Å². The summed E-state index contributed by atoms with van der Waals surface area (Å²) in [5.41, 5.74) is 4.79. The van der Waals surface area contributed by atoms with Gasteiger partial charge in [0.25, 0.3) is 0 Å². The molecule has 0 saturated carbocycles. The quantitative estimate of drug-likeness (QED) is 0.469. The van der Waals surface area contributed by atoms with Crippen molar-refractivity contribution < 1.29 is 0 Å². The van der Waals surface area contributed by atoms with Gasteiger partial charge in [-0.25, -0.2) is 0 Å². The Morgan fingerprint density at radius 1 is 1.53 bits per heavy atom. The Labute approximate surface area is 95.8 Å². The predicted octanol–water partition coefficient (Wildman–Crippen LogP) is 2.57. The second-order valence-electron chi connectivity index (χ2n) is 3.33. The average molecular weight is 223 g/mol. The van der Waals surface area contributed by atoms with Gasteiger partial charge in [0, 0.05) is 11.4 Å². The fourth-order valence-corrected chi connectivity index (χ4v) is 1.66. The Morgan fingerprint density at radius 2 is 2.27 bits per heavy atom. The molecule has 1 aromatic rings. The first-order valence-corrected chi connectivity index (χ1v) is 5.19. The predicted molar refractivity (Wildman–Crippen MR) is 64.3 cm³/mol. The van der Waals surface area contributed by atoms with Crippen LogP contribution in [0.15, 0.2) is 18.2 Å². The first-order chi connectivity index (χ1) is 7.20. The number of benzene rings is 1. The fraction of sp³-hybridized carbons (Fsp3) is 0.333. The van der Waals surface area contributed by atoms with E-state index in [4.69, 9.17) is 17.4 Å². The van der Waals surface area contributed by atoms with Crippen LogP contribution in [-0.2, 0) is 0 Å². The van der Waals surface area contributed by atoms with Gasteiger partial charge in [-0.3, -0.25) is 11.3 Å². The summed E-state index contributed by atoms with van der Waals surface area (Å²) < 4.78 is 0. The van der Waals surface area contributed by atoms with Crippen molar-refractivity contribution in [2.45, 2.75) is 26.3 Å². The maximum absolute atomic E-state index is 6.20. The third-order valence-electron chi connectivity index (χ3n) is 2.28. The number of aryl methyl sites for hydroxylation is 1. The van der Waals surface area contributed by atoms with E-state index in [9.17, 15) is 0 Å². The molecule has 0 aliphatic carbocycles. The van der Waals surface area contributed by atoms with Crippen LogP contribution in [0.3, 0.4) is 0 Å².